The number of fused-ring (bicyclic) bond motifs is 1. The van der Waals surface area contributed by atoms with Gasteiger partial charge in [0.15, 0.2) is 4.77 Å². The number of H-pyrrole nitrogens is 2. The van der Waals surface area contributed by atoms with Crippen molar-refractivity contribution in [2.24, 2.45) is 4.99 Å². The zero-order chi connectivity index (χ0) is 14.3. The molecule has 0 aliphatic carbocycles. The summed E-state index contributed by atoms with van der Waals surface area (Å²) in [6.07, 6.45) is 3.27. The fourth-order valence-corrected chi connectivity index (χ4v) is 2.23. The third-order valence-corrected chi connectivity index (χ3v) is 3.21. The number of aryl methyl sites for hydroxylation is 1. The quantitative estimate of drug-likeness (QED) is 0.542. The van der Waals surface area contributed by atoms with E-state index in [1.54, 1.807) is 6.08 Å². The van der Waals surface area contributed by atoms with Crippen LogP contribution >= 0.6 is 12.2 Å². The molecule has 0 bridgehead atoms. The maximum Gasteiger partial charge on any atom is 0.277 e. The molecule has 2 aromatic rings. The molecule has 1 aromatic carbocycles. The highest BCUT2D eigenvalue weighted by molar-refractivity contribution is 7.71. The van der Waals surface area contributed by atoms with Crippen LogP contribution in [0.25, 0.3) is 12.2 Å². The number of rotatable bonds is 1. The number of nitrogens with one attached hydrogen (secondary N) is 2. The molecule has 0 atom stereocenters. The molecule has 3 N–H and O–H groups in total. The van der Waals surface area contributed by atoms with Gasteiger partial charge < -0.3 is 15.1 Å². The number of hydrogen-bond donors (Lipinski definition) is 3. The molecule has 1 aromatic heterocycles. The first-order chi connectivity index (χ1) is 9.52. The van der Waals surface area contributed by atoms with E-state index in [0.717, 1.165) is 10.8 Å². The van der Waals surface area contributed by atoms with Crippen molar-refractivity contribution in [3.05, 3.63) is 50.4 Å². The lowest BCUT2D eigenvalue weighted by Crippen LogP contribution is -2.30. The molecule has 5 nitrogen and oxygen atoms in total. The summed E-state index contributed by atoms with van der Waals surface area (Å²) in [7, 11) is 0. The average molecular weight is 285 g/mol. The maximum atomic E-state index is 12.0. The molecular formula is C14H11N3O2S. The van der Waals surface area contributed by atoms with E-state index in [9.17, 15) is 9.90 Å². The smallest absolute Gasteiger partial charge is 0.277 e. The Morgan fingerprint density at radius 3 is 2.85 bits per heavy atom. The number of aromatic amines is 2. The first-order valence-corrected chi connectivity index (χ1v) is 6.38. The van der Waals surface area contributed by atoms with E-state index < -0.39 is 0 Å². The summed E-state index contributed by atoms with van der Waals surface area (Å²) < 4.78 is 0.297. The van der Waals surface area contributed by atoms with Crippen LogP contribution in [0.4, 0.5) is 0 Å². The van der Waals surface area contributed by atoms with Crippen LogP contribution in [0.15, 0.2) is 28.8 Å². The summed E-state index contributed by atoms with van der Waals surface area (Å²) in [5.41, 5.74) is 1.80. The number of benzene rings is 1. The fraction of sp³-hybridized carbons (Fsp3) is 0.0714. The van der Waals surface area contributed by atoms with Crippen LogP contribution in [0.2, 0.25) is 0 Å². The summed E-state index contributed by atoms with van der Waals surface area (Å²) in [6, 6.07) is 5.73. The number of carbonyl (C=O) groups excluding carboxylic acids is 1. The SMILES string of the molecule is Cc1ccc2c(c1)=NC(=O)/C(=C\c1[nH]c(=S)[nH]c1O)C=2. The van der Waals surface area contributed by atoms with Crippen molar-refractivity contribution in [3.8, 4) is 5.88 Å². The molecule has 0 radical (unpaired) electrons. The van der Waals surface area contributed by atoms with E-state index in [2.05, 4.69) is 15.0 Å². The molecule has 6 heteroatoms. The minimum absolute atomic E-state index is 0.0987. The van der Waals surface area contributed by atoms with Crippen LogP contribution in [-0.2, 0) is 4.79 Å². The summed E-state index contributed by atoms with van der Waals surface area (Å²) in [4.78, 5) is 21.4. The molecule has 1 amide bonds. The fourth-order valence-electron chi connectivity index (χ4n) is 2.03. The highest BCUT2D eigenvalue weighted by atomic mass is 32.1. The van der Waals surface area contributed by atoms with Crippen LogP contribution in [0.5, 0.6) is 5.88 Å². The van der Waals surface area contributed by atoms with E-state index in [1.165, 1.54) is 6.08 Å². The predicted molar refractivity (Wildman–Crippen MR) is 77.1 cm³/mol. The van der Waals surface area contributed by atoms with Gasteiger partial charge in [-0.05, 0) is 42.9 Å². The van der Waals surface area contributed by atoms with Crippen molar-refractivity contribution in [2.75, 3.05) is 0 Å². The van der Waals surface area contributed by atoms with Gasteiger partial charge in [-0.3, -0.25) is 4.79 Å². The Morgan fingerprint density at radius 1 is 1.35 bits per heavy atom. The summed E-state index contributed by atoms with van der Waals surface area (Å²) in [5, 5.41) is 11.2. The monoisotopic (exact) mass is 285 g/mol. The number of hydrogen-bond acceptors (Lipinski definition) is 3. The topological polar surface area (TPSA) is 81.2 Å². The van der Waals surface area contributed by atoms with E-state index in [4.69, 9.17) is 12.2 Å². The van der Waals surface area contributed by atoms with Gasteiger partial charge in [0.05, 0.1) is 5.36 Å². The van der Waals surface area contributed by atoms with Gasteiger partial charge in [-0.15, -0.1) is 0 Å². The Kier molecular flexibility index (Phi) is 2.87. The molecule has 0 saturated carbocycles. The number of aromatic nitrogens is 2. The Morgan fingerprint density at radius 2 is 2.15 bits per heavy atom. The minimum Gasteiger partial charge on any atom is -0.493 e. The maximum absolute atomic E-state index is 12.0. The van der Waals surface area contributed by atoms with Crippen LogP contribution in [-0.4, -0.2) is 21.0 Å². The number of carbonyl (C=O) groups is 1. The van der Waals surface area contributed by atoms with Gasteiger partial charge in [0.25, 0.3) is 5.91 Å². The summed E-state index contributed by atoms with van der Waals surface area (Å²) in [5.74, 6) is -0.443. The largest absolute Gasteiger partial charge is 0.493 e. The van der Waals surface area contributed by atoms with Crippen LogP contribution < -0.4 is 10.6 Å². The number of aromatic hydroxyl groups is 1. The van der Waals surface area contributed by atoms with Gasteiger partial charge in [-0.1, -0.05) is 12.1 Å². The van der Waals surface area contributed by atoms with E-state index in [0.29, 0.717) is 21.4 Å². The van der Waals surface area contributed by atoms with Crippen LogP contribution in [0.3, 0.4) is 0 Å². The van der Waals surface area contributed by atoms with Crippen molar-refractivity contribution < 1.29 is 9.90 Å². The zero-order valence-corrected chi connectivity index (χ0v) is 11.4. The lowest BCUT2D eigenvalue weighted by atomic mass is 10.1. The molecule has 1 aliphatic rings. The van der Waals surface area contributed by atoms with Crippen molar-refractivity contribution in [3.63, 3.8) is 0 Å². The van der Waals surface area contributed by atoms with Gasteiger partial charge in [0, 0.05) is 10.8 Å². The number of nitrogens with zero attached hydrogens (tertiary/aromatic N) is 1. The molecule has 1 aliphatic heterocycles. The Labute approximate surface area is 119 Å². The standard InChI is InChI=1S/C14H11N3O2S/c1-7-2-3-8-5-9(12(18)15-10(8)4-7)6-11-13(19)17-14(20)16-11/h2-6,19H,1H3,(H2,16,17,20)/b9-6-. The highest BCUT2D eigenvalue weighted by Gasteiger charge is 2.12. The first-order valence-electron chi connectivity index (χ1n) is 5.97. The molecular weight excluding hydrogens is 274 g/mol. The minimum atomic E-state index is -0.344. The molecule has 100 valence electrons. The third kappa shape index (κ3) is 2.21. The Hall–Kier alpha value is -2.47. The van der Waals surface area contributed by atoms with Gasteiger partial charge in [0.1, 0.15) is 5.69 Å². The second kappa shape index (κ2) is 4.57. The van der Waals surface area contributed by atoms with Crippen molar-refractivity contribution in [1.29, 1.82) is 0 Å². The summed E-state index contributed by atoms with van der Waals surface area (Å²) >= 11 is 4.88. The summed E-state index contributed by atoms with van der Waals surface area (Å²) in [6.45, 7) is 1.95. The average Bonchev–Trinajstić information content (AvgIpc) is 2.69. The van der Waals surface area contributed by atoms with E-state index in [-0.39, 0.29) is 11.8 Å². The molecule has 2 heterocycles. The zero-order valence-electron chi connectivity index (χ0n) is 10.6. The normalized spacial score (nSPS) is 15.7. The Balaban J connectivity index is 2.17. The van der Waals surface area contributed by atoms with Crippen molar-refractivity contribution in [2.45, 2.75) is 6.92 Å². The van der Waals surface area contributed by atoms with Crippen LogP contribution in [0.1, 0.15) is 11.3 Å². The second-order valence-electron chi connectivity index (χ2n) is 4.56. The molecule has 0 saturated heterocycles. The lowest BCUT2D eigenvalue weighted by molar-refractivity contribution is -0.114. The van der Waals surface area contributed by atoms with E-state index >= 15 is 0 Å². The van der Waals surface area contributed by atoms with Gasteiger partial charge in [-0.2, -0.15) is 0 Å². The van der Waals surface area contributed by atoms with Crippen LogP contribution in [0, 0.1) is 11.7 Å². The van der Waals surface area contributed by atoms with Gasteiger partial charge in [-0.25, -0.2) is 4.99 Å². The van der Waals surface area contributed by atoms with Gasteiger partial charge >= 0.3 is 0 Å². The molecule has 0 fully saturated rings. The number of imidazole rings is 1. The molecule has 0 spiro atoms. The molecule has 0 unspecified atom stereocenters. The molecule has 20 heavy (non-hydrogen) atoms. The predicted octanol–water partition coefficient (Wildman–Crippen LogP) is 1.11. The highest BCUT2D eigenvalue weighted by Crippen LogP contribution is 2.17. The van der Waals surface area contributed by atoms with Crippen molar-refractivity contribution >= 4 is 30.3 Å². The second-order valence-corrected chi connectivity index (χ2v) is 4.97. The van der Waals surface area contributed by atoms with Crippen molar-refractivity contribution in [1.82, 2.24) is 9.97 Å². The third-order valence-electron chi connectivity index (χ3n) is 3.00. The first kappa shape index (κ1) is 12.6. The van der Waals surface area contributed by atoms with Gasteiger partial charge in [0.2, 0.25) is 5.88 Å². The molecule has 3 rings (SSSR count). The lowest BCUT2D eigenvalue weighted by Gasteiger charge is -2.03. The Bertz CT molecular complexity index is 919. The van der Waals surface area contributed by atoms with E-state index in [1.807, 2.05) is 25.1 Å². The number of amides is 1.